The molecule has 7 heteroatoms. The first-order chi connectivity index (χ1) is 15.1. The quantitative estimate of drug-likeness (QED) is 0.308. The van der Waals surface area contributed by atoms with Crippen molar-refractivity contribution in [1.82, 2.24) is 5.32 Å². The third-order valence-corrected chi connectivity index (χ3v) is 10.7. The summed E-state index contributed by atoms with van der Waals surface area (Å²) >= 11 is 0. The fourth-order valence-electron chi connectivity index (χ4n) is 3.06. The van der Waals surface area contributed by atoms with Gasteiger partial charge in [0.25, 0.3) is 0 Å². The number of carbonyl (C=O) groups excluding carboxylic acids is 2. The topological polar surface area (TPSA) is 73.9 Å². The van der Waals surface area contributed by atoms with Crippen LogP contribution < -0.4 is 5.32 Å². The largest absolute Gasteiger partial charge is 0.461 e. The van der Waals surface area contributed by atoms with Crippen molar-refractivity contribution >= 4 is 20.4 Å². The molecule has 1 aromatic rings. The Kier molecular flexibility index (Phi) is 10.6. The van der Waals surface area contributed by atoms with Crippen LogP contribution in [0.1, 0.15) is 73.8 Å². The fraction of sp³-hybridized carbons (Fsp3) is 0.692. The zero-order chi connectivity index (χ0) is 25.4. The van der Waals surface area contributed by atoms with Crippen LogP contribution in [0.4, 0.5) is 4.79 Å². The molecule has 0 aromatic heterocycles. The molecule has 33 heavy (non-hydrogen) atoms. The summed E-state index contributed by atoms with van der Waals surface area (Å²) in [6.45, 7) is 20.6. The number of benzene rings is 1. The molecule has 0 aliphatic heterocycles. The molecular formula is C26H45NO5Si. The van der Waals surface area contributed by atoms with E-state index >= 15 is 0 Å². The van der Waals surface area contributed by atoms with E-state index in [-0.39, 0.29) is 36.0 Å². The summed E-state index contributed by atoms with van der Waals surface area (Å²) in [5, 5.41) is 2.96. The lowest BCUT2D eigenvalue weighted by atomic mass is 9.93. The van der Waals surface area contributed by atoms with Gasteiger partial charge in [0.2, 0.25) is 0 Å². The molecule has 1 N–H and O–H groups in total. The summed E-state index contributed by atoms with van der Waals surface area (Å²) in [6.07, 6.45) is -0.146. The number of rotatable bonds is 10. The van der Waals surface area contributed by atoms with Gasteiger partial charge in [-0.2, -0.15) is 0 Å². The minimum Gasteiger partial charge on any atom is -0.461 e. The molecule has 1 rings (SSSR count). The average Bonchev–Trinajstić information content (AvgIpc) is 2.68. The van der Waals surface area contributed by atoms with Crippen LogP contribution in [0.15, 0.2) is 30.3 Å². The van der Waals surface area contributed by atoms with Crippen molar-refractivity contribution in [1.29, 1.82) is 0 Å². The zero-order valence-corrected chi connectivity index (χ0v) is 23.3. The fourth-order valence-corrected chi connectivity index (χ4v) is 4.40. The maximum absolute atomic E-state index is 12.9. The molecule has 0 radical (unpaired) electrons. The van der Waals surface area contributed by atoms with Crippen LogP contribution in [0.5, 0.6) is 0 Å². The van der Waals surface area contributed by atoms with Crippen LogP contribution in [0.3, 0.4) is 0 Å². The van der Waals surface area contributed by atoms with E-state index in [1.165, 1.54) is 0 Å². The Morgan fingerprint density at radius 1 is 1.03 bits per heavy atom. The number of amides is 1. The van der Waals surface area contributed by atoms with Gasteiger partial charge < -0.3 is 19.2 Å². The normalized spacial score (nSPS) is 15.3. The Morgan fingerprint density at radius 2 is 1.61 bits per heavy atom. The molecule has 0 unspecified atom stereocenters. The summed E-state index contributed by atoms with van der Waals surface area (Å²) in [5.74, 6) is -0.268. The van der Waals surface area contributed by atoms with Gasteiger partial charge in [-0.25, -0.2) is 4.79 Å². The molecule has 1 amide bonds. The number of hydrogen-bond donors (Lipinski definition) is 1. The van der Waals surface area contributed by atoms with Crippen molar-refractivity contribution < 1.29 is 23.5 Å². The number of nitrogens with one attached hydrogen (secondary N) is 1. The summed E-state index contributed by atoms with van der Waals surface area (Å²) in [4.78, 5) is 25.5. The second-order valence-electron chi connectivity index (χ2n) is 11.3. The van der Waals surface area contributed by atoms with Crippen molar-refractivity contribution in [3.8, 4) is 0 Å². The number of alkyl carbamates (subject to hydrolysis) is 1. The minimum atomic E-state index is -2.24. The van der Waals surface area contributed by atoms with Gasteiger partial charge in [-0.1, -0.05) is 71.4 Å². The van der Waals surface area contributed by atoms with E-state index < -0.39 is 26.1 Å². The van der Waals surface area contributed by atoms with Gasteiger partial charge in [-0.15, -0.1) is 0 Å². The number of ether oxygens (including phenoxy) is 2. The first kappa shape index (κ1) is 29.2. The van der Waals surface area contributed by atoms with Crippen LogP contribution >= 0.6 is 0 Å². The molecule has 0 fully saturated rings. The predicted octanol–water partition coefficient (Wildman–Crippen LogP) is 6.45. The predicted molar refractivity (Wildman–Crippen MR) is 136 cm³/mol. The Labute approximate surface area is 201 Å². The Bertz CT molecular complexity index is 752. The van der Waals surface area contributed by atoms with Gasteiger partial charge in [0.1, 0.15) is 12.2 Å². The highest BCUT2D eigenvalue weighted by atomic mass is 28.4. The van der Waals surface area contributed by atoms with E-state index in [2.05, 4.69) is 53.0 Å². The molecule has 1 aromatic carbocycles. The second-order valence-corrected chi connectivity index (χ2v) is 16.1. The zero-order valence-electron chi connectivity index (χ0n) is 22.3. The van der Waals surface area contributed by atoms with E-state index in [0.717, 1.165) is 12.0 Å². The number of esters is 1. The third-order valence-electron chi connectivity index (χ3n) is 6.20. The lowest BCUT2D eigenvalue weighted by Crippen LogP contribution is -2.55. The van der Waals surface area contributed by atoms with Gasteiger partial charge in [-0.3, -0.25) is 4.79 Å². The second kappa shape index (κ2) is 12.0. The Balaban J connectivity index is 3.11. The number of hydrogen-bond acceptors (Lipinski definition) is 5. The molecule has 188 valence electrons. The highest BCUT2D eigenvalue weighted by Crippen LogP contribution is 2.38. The maximum Gasteiger partial charge on any atom is 0.407 e. The lowest BCUT2D eigenvalue weighted by Gasteiger charge is -2.42. The van der Waals surface area contributed by atoms with Crippen LogP contribution in [0.2, 0.25) is 18.1 Å². The summed E-state index contributed by atoms with van der Waals surface area (Å²) < 4.78 is 17.8. The van der Waals surface area contributed by atoms with E-state index in [1.54, 1.807) is 0 Å². The van der Waals surface area contributed by atoms with Crippen LogP contribution in [-0.4, -0.2) is 38.1 Å². The summed E-state index contributed by atoms with van der Waals surface area (Å²) in [6, 6.07) is 9.20. The standard InChI is InChI=1S/C26H45NO5Si/c1-11-19(2)23(27-24(29)31-25(3,4)5)21(32-33(9,10)26(6,7)8)17-22(28)30-18-20-15-13-12-14-16-20/h12-16,19,21,23H,11,17-18H2,1-10H3,(H,27,29)/t19-,21-,23+/m0/s1. The molecule has 6 nitrogen and oxygen atoms in total. The Hall–Kier alpha value is -1.86. The molecule has 0 saturated heterocycles. The smallest absolute Gasteiger partial charge is 0.407 e. The van der Waals surface area contributed by atoms with Crippen LogP contribution in [0.25, 0.3) is 0 Å². The maximum atomic E-state index is 12.9. The molecule has 0 bridgehead atoms. The SMILES string of the molecule is CC[C@H](C)[C@@H](NC(=O)OC(C)(C)C)[C@H](CC(=O)OCc1ccccc1)O[Si](C)(C)C(C)(C)C. The van der Waals surface area contributed by atoms with Crippen molar-refractivity contribution in [3.63, 3.8) is 0 Å². The molecule has 0 spiro atoms. The van der Waals surface area contributed by atoms with Crippen LogP contribution in [-0.2, 0) is 25.3 Å². The van der Waals surface area contributed by atoms with Gasteiger partial charge in [0.15, 0.2) is 8.32 Å². The average molecular weight is 480 g/mol. The van der Waals surface area contributed by atoms with Crippen molar-refractivity contribution in [2.45, 2.75) is 111 Å². The van der Waals surface area contributed by atoms with E-state index in [0.29, 0.717) is 0 Å². The molecular weight excluding hydrogens is 434 g/mol. The molecule has 0 saturated carbocycles. The van der Waals surface area contributed by atoms with E-state index in [1.807, 2.05) is 51.1 Å². The summed E-state index contributed by atoms with van der Waals surface area (Å²) in [5.41, 5.74) is 0.312. The summed E-state index contributed by atoms with van der Waals surface area (Å²) in [7, 11) is -2.24. The molecule has 0 aliphatic carbocycles. The molecule has 0 aliphatic rings. The highest BCUT2D eigenvalue weighted by molar-refractivity contribution is 6.74. The van der Waals surface area contributed by atoms with E-state index in [9.17, 15) is 9.59 Å². The molecule has 0 heterocycles. The van der Waals surface area contributed by atoms with Crippen molar-refractivity contribution in [2.24, 2.45) is 5.92 Å². The number of carbonyl (C=O) groups is 2. The van der Waals surface area contributed by atoms with Gasteiger partial charge in [0.05, 0.1) is 18.6 Å². The molecule has 3 atom stereocenters. The van der Waals surface area contributed by atoms with Crippen molar-refractivity contribution in [2.75, 3.05) is 0 Å². The van der Waals surface area contributed by atoms with E-state index in [4.69, 9.17) is 13.9 Å². The minimum absolute atomic E-state index is 0.0505. The monoisotopic (exact) mass is 479 g/mol. The van der Waals surface area contributed by atoms with Crippen LogP contribution in [0, 0.1) is 5.92 Å². The lowest BCUT2D eigenvalue weighted by molar-refractivity contribution is -0.147. The highest BCUT2D eigenvalue weighted by Gasteiger charge is 2.43. The van der Waals surface area contributed by atoms with Gasteiger partial charge in [0, 0.05) is 0 Å². The first-order valence-electron chi connectivity index (χ1n) is 11.9. The van der Waals surface area contributed by atoms with Gasteiger partial charge in [-0.05, 0) is 50.4 Å². The third kappa shape index (κ3) is 10.3. The van der Waals surface area contributed by atoms with Gasteiger partial charge >= 0.3 is 12.1 Å². The Morgan fingerprint density at radius 3 is 2.09 bits per heavy atom. The first-order valence-corrected chi connectivity index (χ1v) is 14.8. The van der Waals surface area contributed by atoms with Crippen molar-refractivity contribution in [3.05, 3.63) is 35.9 Å².